The summed E-state index contributed by atoms with van der Waals surface area (Å²) in [7, 11) is 0. The molecule has 0 heterocycles. The Morgan fingerprint density at radius 1 is 1.00 bits per heavy atom. The van der Waals surface area contributed by atoms with E-state index >= 15 is 0 Å². The average Bonchev–Trinajstić information content (AvgIpc) is 2.41. The van der Waals surface area contributed by atoms with Gasteiger partial charge in [-0.2, -0.15) is 0 Å². The second-order valence-electron chi connectivity index (χ2n) is 6.05. The van der Waals surface area contributed by atoms with E-state index in [-0.39, 0.29) is 5.54 Å². The number of hydrogen-bond acceptors (Lipinski definition) is 2. The second kappa shape index (κ2) is 8.92. The van der Waals surface area contributed by atoms with Crippen LogP contribution in [0.2, 0.25) is 0 Å². The molecule has 0 saturated carbocycles. The van der Waals surface area contributed by atoms with E-state index in [1.54, 1.807) is 0 Å². The van der Waals surface area contributed by atoms with Crippen molar-refractivity contribution in [3.63, 3.8) is 0 Å². The standard InChI is InChI=1S/C16H36N2/c1-7-14(5)11-16(9-3,13-17)18(10-4)12-15(6)8-2/h14-15H,7-13,17H2,1-6H3. The molecule has 0 fully saturated rings. The first-order valence-electron chi connectivity index (χ1n) is 7.94. The summed E-state index contributed by atoms with van der Waals surface area (Å²) in [5, 5.41) is 0. The maximum atomic E-state index is 6.17. The van der Waals surface area contributed by atoms with Gasteiger partial charge in [0.2, 0.25) is 0 Å². The Balaban J connectivity index is 4.89. The molecule has 0 rings (SSSR count). The van der Waals surface area contributed by atoms with Gasteiger partial charge in [0.1, 0.15) is 0 Å². The van der Waals surface area contributed by atoms with Crippen LogP contribution in [-0.4, -0.2) is 30.1 Å². The van der Waals surface area contributed by atoms with Crippen molar-refractivity contribution in [3.8, 4) is 0 Å². The molecule has 0 aliphatic heterocycles. The number of likely N-dealkylation sites (N-methyl/N-ethyl adjacent to an activating group) is 1. The summed E-state index contributed by atoms with van der Waals surface area (Å²) >= 11 is 0. The van der Waals surface area contributed by atoms with E-state index in [0.717, 1.165) is 31.3 Å². The number of hydrogen-bond donors (Lipinski definition) is 1. The maximum Gasteiger partial charge on any atom is 0.0331 e. The minimum Gasteiger partial charge on any atom is -0.329 e. The molecule has 2 N–H and O–H groups in total. The molecule has 0 aromatic rings. The van der Waals surface area contributed by atoms with Gasteiger partial charge in [0.15, 0.2) is 0 Å². The number of nitrogens with two attached hydrogens (primary N) is 1. The molecule has 110 valence electrons. The lowest BCUT2D eigenvalue weighted by atomic mass is 9.82. The van der Waals surface area contributed by atoms with E-state index in [4.69, 9.17) is 5.73 Å². The topological polar surface area (TPSA) is 29.3 Å². The molecule has 0 aromatic carbocycles. The van der Waals surface area contributed by atoms with Crippen molar-refractivity contribution in [2.24, 2.45) is 17.6 Å². The lowest BCUT2D eigenvalue weighted by Crippen LogP contribution is -2.55. The quantitative estimate of drug-likeness (QED) is 0.642. The zero-order valence-corrected chi connectivity index (χ0v) is 13.6. The van der Waals surface area contributed by atoms with Crippen LogP contribution in [0, 0.1) is 11.8 Å². The highest BCUT2D eigenvalue weighted by Crippen LogP contribution is 2.29. The molecule has 0 spiro atoms. The Kier molecular flexibility index (Phi) is 8.89. The SMILES string of the molecule is CCC(C)CN(CC)C(CC)(CN)CC(C)CC. The van der Waals surface area contributed by atoms with Crippen molar-refractivity contribution in [2.75, 3.05) is 19.6 Å². The van der Waals surface area contributed by atoms with E-state index in [1.807, 2.05) is 0 Å². The first-order valence-corrected chi connectivity index (χ1v) is 7.94. The lowest BCUT2D eigenvalue weighted by molar-refractivity contribution is 0.0571. The zero-order valence-electron chi connectivity index (χ0n) is 13.6. The summed E-state index contributed by atoms with van der Waals surface area (Å²) in [5.41, 5.74) is 6.39. The van der Waals surface area contributed by atoms with Gasteiger partial charge in [0.05, 0.1) is 0 Å². The number of rotatable bonds is 10. The molecule has 18 heavy (non-hydrogen) atoms. The van der Waals surface area contributed by atoms with Gasteiger partial charge in [0, 0.05) is 18.6 Å². The molecule has 0 aliphatic rings. The van der Waals surface area contributed by atoms with Gasteiger partial charge in [-0.3, -0.25) is 4.90 Å². The van der Waals surface area contributed by atoms with Crippen LogP contribution in [0.1, 0.15) is 67.2 Å². The Labute approximate surface area is 115 Å². The van der Waals surface area contributed by atoms with E-state index in [9.17, 15) is 0 Å². The predicted molar refractivity (Wildman–Crippen MR) is 82.9 cm³/mol. The van der Waals surface area contributed by atoms with Crippen LogP contribution in [0.4, 0.5) is 0 Å². The fraction of sp³-hybridized carbons (Fsp3) is 1.00. The van der Waals surface area contributed by atoms with Crippen LogP contribution >= 0.6 is 0 Å². The summed E-state index contributed by atoms with van der Waals surface area (Å²) < 4.78 is 0. The Morgan fingerprint density at radius 3 is 1.89 bits per heavy atom. The van der Waals surface area contributed by atoms with Gasteiger partial charge in [-0.1, -0.05) is 54.4 Å². The van der Waals surface area contributed by atoms with Crippen LogP contribution in [0.15, 0.2) is 0 Å². The first kappa shape index (κ1) is 17.9. The smallest absolute Gasteiger partial charge is 0.0331 e. The van der Waals surface area contributed by atoms with Gasteiger partial charge >= 0.3 is 0 Å². The molecule has 0 aliphatic carbocycles. The zero-order chi connectivity index (χ0) is 14.2. The van der Waals surface area contributed by atoms with Crippen molar-refractivity contribution < 1.29 is 0 Å². The summed E-state index contributed by atoms with van der Waals surface area (Å²) in [4.78, 5) is 2.65. The van der Waals surface area contributed by atoms with E-state index < -0.39 is 0 Å². The average molecular weight is 256 g/mol. The van der Waals surface area contributed by atoms with Crippen LogP contribution in [0.3, 0.4) is 0 Å². The third-order valence-electron chi connectivity index (χ3n) is 4.74. The molecule has 3 unspecified atom stereocenters. The van der Waals surface area contributed by atoms with Crippen LogP contribution < -0.4 is 5.73 Å². The third kappa shape index (κ3) is 4.89. The highest BCUT2D eigenvalue weighted by Gasteiger charge is 2.34. The van der Waals surface area contributed by atoms with Crippen molar-refractivity contribution in [1.82, 2.24) is 4.90 Å². The molecule has 0 radical (unpaired) electrons. The fourth-order valence-electron chi connectivity index (χ4n) is 2.81. The van der Waals surface area contributed by atoms with Crippen molar-refractivity contribution in [3.05, 3.63) is 0 Å². The van der Waals surface area contributed by atoms with Gasteiger partial charge in [0.25, 0.3) is 0 Å². The molecule has 3 atom stereocenters. The number of nitrogens with zero attached hydrogens (tertiary/aromatic N) is 1. The molecular weight excluding hydrogens is 220 g/mol. The van der Waals surface area contributed by atoms with E-state index in [1.165, 1.54) is 25.8 Å². The van der Waals surface area contributed by atoms with Crippen LogP contribution in [0.25, 0.3) is 0 Å². The van der Waals surface area contributed by atoms with Gasteiger partial charge in [-0.05, 0) is 31.2 Å². The van der Waals surface area contributed by atoms with E-state index in [0.29, 0.717) is 0 Å². The molecule has 0 bridgehead atoms. The monoisotopic (exact) mass is 256 g/mol. The van der Waals surface area contributed by atoms with Crippen LogP contribution in [0.5, 0.6) is 0 Å². The van der Waals surface area contributed by atoms with Crippen molar-refractivity contribution in [1.29, 1.82) is 0 Å². The van der Waals surface area contributed by atoms with Crippen molar-refractivity contribution in [2.45, 2.75) is 72.8 Å². The summed E-state index contributed by atoms with van der Waals surface area (Å²) in [6.45, 7) is 16.9. The summed E-state index contributed by atoms with van der Waals surface area (Å²) in [5.74, 6) is 1.53. The normalized spacial score (nSPS) is 18.7. The largest absolute Gasteiger partial charge is 0.329 e. The minimum atomic E-state index is 0.216. The van der Waals surface area contributed by atoms with Gasteiger partial charge in [-0.25, -0.2) is 0 Å². The molecule has 2 heteroatoms. The molecule has 0 amide bonds. The Bertz CT molecular complexity index is 199. The summed E-state index contributed by atoms with van der Waals surface area (Å²) in [6.07, 6.45) is 4.91. The highest BCUT2D eigenvalue weighted by molar-refractivity contribution is 4.92. The van der Waals surface area contributed by atoms with E-state index in [2.05, 4.69) is 46.4 Å². The van der Waals surface area contributed by atoms with Gasteiger partial charge in [-0.15, -0.1) is 0 Å². The maximum absolute atomic E-state index is 6.17. The van der Waals surface area contributed by atoms with Gasteiger partial charge < -0.3 is 5.73 Å². The van der Waals surface area contributed by atoms with Crippen molar-refractivity contribution >= 4 is 0 Å². The minimum absolute atomic E-state index is 0.216. The molecule has 0 saturated heterocycles. The summed E-state index contributed by atoms with van der Waals surface area (Å²) in [6, 6.07) is 0. The fourth-order valence-corrected chi connectivity index (χ4v) is 2.81. The molecular formula is C16H36N2. The molecule has 2 nitrogen and oxygen atoms in total. The highest BCUT2D eigenvalue weighted by atomic mass is 15.2. The third-order valence-corrected chi connectivity index (χ3v) is 4.74. The molecule has 0 aromatic heterocycles. The van der Waals surface area contributed by atoms with Crippen LogP contribution in [-0.2, 0) is 0 Å². The Hall–Kier alpha value is -0.0800. The lowest BCUT2D eigenvalue weighted by Gasteiger charge is -2.45. The predicted octanol–water partition coefficient (Wildman–Crippen LogP) is 3.90. The first-order chi connectivity index (χ1) is 8.49. The Morgan fingerprint density at radius 2 is 1.56 bits per heavy atom. The second-order valence-corrected chi connectivity index (χ2v) is 6.05.